The van der Waals surface area contributed by atoms with Gasteiger partial charge in [-0.1, -0.05) is 36.4 Å². The van der Waals surface area contributed by atoms with Gasteiger partial charge in [0, 0.05) is 11.8 Å². The molecule has 36 heavy (non-hydrogen) atoms. The Kier molecular flexibility index (Phi) is 5.25. The van der Waals surface area contributed by atoms with E-state index in [-0.39, 0.29) is 23.7 Å². The number of carbonyl (C=O) groups is 2. The van der Waals surface area contributed by atoms with Crippen molar-refractivity contribution < 1.29 is 23.5 Å². The minimum atomic E-state index is -0.473. The summed E-state index contributed by atoms with van der Waals surface area (Å²) >= 11 is 0. The van der Waals surface area contributed by atoms with E-state index in [0.717, 1.165) is 33.8 Å². The smallest absolute Gasteiger partial charge is 0.238 e. The van der Waals surface area contributed by atoms with E-state index < -0.39 is 17.7 Å². The van der Waals surface area contributed by atoms with Gasteiger partial charge in [-0.05, 0) is 70.8 Å². The number of carbonyl (C=O) groups excluding carboxylic acids is 2. The van der Waals surface area contributed by atoms with Crippen LogP contribution < -0.4 is 14.4 Å². The molecule has 2 aliphatic carbocycles. The molecular formula is C30H24FNO4. The minimum absolute atomic E-state index is 0.193. The van der Waals surface area contributed by atoms with E-state index in [2.05, 4.69) is 12.2 Å². The Bertz CT molecular complexity index is 1320. The first-order valence-corrected chi connectivity index (χ1v) is 11.9. The summed E-state index contributed by atoms with van der Waals surface area (Å²) in [5.74, 6) is -0.691. The first kappa shape index (κ1) is 22.3. The molecule has 0 N–H and O–H groups in total. The molecule has 5 nitrogen and oxygen atoms in total. The van der Waals surface area contributed by atoms with Gasteiger partial charge in [0.2, 0.25) is 11.8 Å². The van der Waals surface area contributed by atoms with E-state index in [1.807, 2.05) is 48.5 Å². The zero-order valence-electron chi connectivity index (χ0n) is 19.9. The molecule has 1 heterocycles. The van der Waals surface area contributed by atoms with E-state index in [1.165, 1.54) is 29.2 Å². The van der Waals surface area contributed by atoms with Crippen LogP contribution >= 0.6 is 0 Å². The molecule has 2 bridgehead atoms. The van der Waals surface area contributed by atoms with Crippen LogP contribution in [-0.4, -0.2) is 26.0 Å². The molecule has 3 aromatic rings. The number of amides is 2. The van der Waals surface area contributed by atoms with Crippen molar-refractivity contribution in [2.24, 2.45) is 23.7 Å². The molecule has 3 aromatic carbocycles. The van der Waals surface area contributed by atoms with Gasteiger partial charge in [-0.15, -0.1) is 0 Å². The summed E-state index contributed by atoms with van der Waals surface area (Å²) in [7, 11) is 3.26. The van der Waals surface area contributed by atoms with Gasteiger partial charge in [0.05, 0.1) is 31.7 Å². The van der Waals surface area contributed by atoms with Crippen LogP contribution in [0.25, 0.3) is 5.57 Å². The van der Waals surface area contributed by atoms with Crippen molar-refractivity contribution in [1.29, 1.82) is 0 Å². The van der Waals surface area contributed by atoms with Crippen LogP contribution in [-0.2, 0) is 9.59 Å². The van der Waals surface area contributed by atoms with Gasteiger partial charge in [0.1, 0.15) is 17.3 Å². The Morgan fingerprint density at radius 3 is 1.56 bits per heavy atom. The third-order valence-electron chi connectivity index (χ3n) is 7.55. The first-order valence-electron chi connectivity index (χ1n) is 11.9. The van der Waals surface area contributed by atoms with Crippen molar-refractivity contribution in [1.82, 2.24) is 0 Å². The molecule has 180 valence electrons. The molecule has 2 fully saturated rings. The summed E-state index contributed by atoms with van der Waals surface area (Å²) in [4.78, 5) is 28.4. The molecule has 6 rings (SSSR count). The van der Waals surface area contributed by atoms with Gasteiger partial charge >= 0.3 is 0 Å². The molecule has 0 unspecified atom stereocenters. The van der Waals surface area contributed by atoms with Gasteiger partial charge in [-0.2, -0.15) is 0 Å². The van der Waals surface area contributed by atoms with Crippen LogP contribution in [0.15, 0.2) is 90.5 Å². The lowest BCUT2D eigenvalue weighted by atomic mass is 9.85. The topological polar surface area (TPSA) is 55.8 Å². The normalized spacial score (nSPS) is 23.9. The molecule has 1 saturated carbocycles. The number of rotatable bonds is 5. The molecule has 0 radical (unpaired) electrons. The Morgan fingerprint density at radius 1 is 0.694 bits per heavy atom. The van der Waals surface area contributed by atoms with Gasteiger partial charge in [-0.25, -0.2) is 9.29 Å². The number of benzene rings is 3. The zero-order valence-corrected chi connectivity index (χ0v) is 19.9. The Labute approximate surface area is 208 Å². The van der Waals surface area contributed by atoms with Crippen molar-refractivity contribution in [3.63, 3.8) is 0 Å². The third kappa shape index (κ3) is 3.28. The Morgan fingerprint density at radius 2 is 1.14 bits per heavy atom. The fourth-order valence-corrected chi connectivity index (χ4v) is 5.96. The molecule has 1 saturated heterocycles. The van der Waals surface area contributed by atoms with Crippen molar-refractivity contribution in [2.45, 2.75) is 0 Å². The van der Waals surface area contributed by atoms with Gasteiger partial charge < -0.3 is 9.47 Å². The zero-order chi connectivity index (χ0) is 25.0. The molecule has 1 aliphatic heterocycles. The van der Waals surface area contributed by atoms with Crippen molar-refractivity contribution >= 4 is 23.1 Å². The molecule has 3 aliphatic rings. The Hall–Kier alpha value is -4.19. The second kappa shape index (κ2) is 8.48. The third-order valence-corrected chi connectivity index (χ3v) is 7.55. The standard InChI is InChI=1S/C30H24FNO4/c1-35-21-11-3-17(4-12-21)25(18-5-13-22(36-2)14-6-18)26-23-15-16-24(26)28-27(23)29(33)32(30(28)34)20-9-7-19(31)8-10-20/h3-16,23-24,27-28H,1-2H3/t23-,24-,27+,28+/m1/s1. The quantitative estimate of drug-likeness (QED) is 0.368. The maximum Gasteiger partial charge on any atom is 0.238 e. The number of allylic oxidation sites excluding steroid dienone is 3. The summed E-state index contributed by atoms with van der Waals surface area (Å²) in [6, 6.07) is 21.2. The maximum absolute atomic E-state index is 13.6. The first-order chi connectivity index (χ1) is 17.5. The van der Waals surface area contributed by atoms with E-state index in [0.29, 0.717) is 5.69 Å². The van der Waals surface area contributed by atoms with E-state index >= 15 is 0 Å². The monoisotopic (exact) mass is 481 g/mol. The molecule has 4 atom stereocenters. The fourth-order valence-electron chi connectivity index (χ4n) is 5.96. The molecule has 0 spiro atoms. The summed E-state index contributed by atoms with van der Waals surface area (Å²) in [5, 5.41) is 0. The number of halogens is 1. The summed E-state index contributed by atoms with van der Waals surface area (Å²) in [6.45, 7) is 0. The number of methoxy groups -OCH3 is 2. The fraction of sp³-hybridized carbons (Fsp3) is 0.200. The lowest BCUT2D eigenvalue weighted by molar-refractivity contribution is -0.122. The van der Waals surface area contributed by atoms with Crippen LogP contribution in [0, 0.1) is 29.5 Å². The van der Waals surface area contributed by atoms with Gasteiger partial charge in [-0.3, -0.25) is 9.59 Å². The highest BCUT2D eigenvalue weighted by Crippen LogP contribution is 2.59. The molecule has 6 heteroatoms. The molecule has 2 amide bonds. The Balaban J connectivity index is 1.47. The van der Waals surface area contributed by atoms with Crippen LogP contribution in [0.2, 0.25) is 0 Å². The second-order valence-electron chi connectivity index (χ2n) is 9.26. The SMILES string of the molecule is COc1ccc(C(=C2[C@H]3C=C[C@H]2[C@@H]2C(=O)N(c4ccc(F)cc4)C(=O)[C@H]23)c2ccc(OC)cc2)cc1. The predicted molar refractivity (Wildman–Crippen MR) is 134 cm³/mol. The highest BCUT2D eigenvalue weighted by atomic mass is 19.1. The number of hydrogen-bond donors (Lipinski definition) is 0. The summed E-state index contributed by atoms with van der Waals surface area (Å²) in [6.07, 6.45) is 4.13. The maximum atomic E-state index is 13.6. The average molecular weight is 482 g/mol. The second-order valence-corrected chi connectivity index (χ2v) is 9.26. The highest BCUT2D eigenvalue weighted by molar-refractivity contribution is 6.23. The minimum Gasteiger partial charge on any atom is -0.497 e. The van der Waals surface area contributed by atoms with Crippen LogP contribution in [0.3, 0.4) is 0 Å². The number of hydrogen-bond acceptors (Lipinski definition) is 4. The summed E-state index contributed by atoms with van der Waals surface area (Å²) < 4.78 is 24.2. The van der Waals surface area contributed by atoms with Crippen LogP contribution in [0.4, 0.5) is 10.1 Å². The van der Waals surface area contributed by atoms with Crippen molar-refractivity contribution in [3.05, 3.63) is 107 Å². The lowest BCUT2D eigenvalue weighted by Crippen LogP contribution is -2.33. The number of imide groups is 1. The van der Waals surface area contributed by atoms with E-state index in [9.17, 15) is 14.0 Å². The van der Waals surface area contributed by atoms with E-state index in [1.54, 1.807) is 14.2 Å². The number of nitrogens with zero attached hydrogens (tertiary/aromatic N) is 1. The average Bonchev–Trinajstić information content (AvgIpc) is 3.55. The largest absolute Gasteiger partial charge is 0.497 e. The number of anilines is 1. The number of fused-ring (bicyclic) bond motifs is 5. The van der Waals surface area contributed by atoms with Crippen molar-refractivity contribution in [3.8, 4) is 11.5 Å². The van der Waals surface area contributed by atoms with Crippen molar-refractivity contribution in [2.75, 3.05) is 19.1 Å². The summed E-state index contributed by atoms with van der Waals surface area (Å²) in [5.41, 5.74) is 4.50. The predicted octanol–water partition coefficient (Wildman–Crippen LogP) is 5.27. The lowest BCUT2D eigenvalue weighted by Gasteiger charge is -2.22. The highest BCUT2D eigenvalue weighted by Gasteiger charge is 2.62. The number of ether oxygens (including phenoxy) is 2. The van der Waals surface area contributed by atoms with Gasteiger partial charge in [0.15, 0.2) is 0 Å². The van der Waals surface area contributed by atoms with Crippen LogP contribution in [0.5, 0.6) is 11.5 Å². The molecular weight excluding hydrogens is 457 g/mol. The van der Waals surface area contributed by atoms with E-state index in [4.69, 9.17) is 9.47 Å². The van der Waals surface area contributed by atoms with Gasteiger partial charge in [0.25, 0.3) is 0 Å². The van der Waals surface area contributed by atoms with Crippen LogP contribution in [0.1, 0.15) is 11.1 Å². The molecule has 0 aromatic heterocycles.